The molecule has 0 radical (unpaired) electrons. The number of likely N-dealkylation sites (N-methyl/N-ethyl adjacent to an activating group) is 1. The fourth-order valence-corrected chi connectivity index (χ4v) is 4.33. The molecule has 0 aromatic heterocycles. The molecule has 0 aliphatic carbocycles. The van der Waals surface area contributed by atoms with Gasteiger partial charge in [-0.25, -0.2) is 4.39 Å². The van der Waals surface area contributed by atoms with Gasteiger partial charge in [-0.2, -0.15) is 0 Å². The lowest BCUT2D eigenvalue weighted by atomic mass is 10.0. The molecular formula is C27H36FN3O4. The number of hydrogen-bond acceptors (Lipinski definition) is 5. The zero-order valence-corrected chi connectivity index (χ0v) is 21.2. The molecule has 1 heterocycles. The zero-order chi connectivity index (χ0) is 25.5. The molecule has 3 rings (SSSR count). The molecule has 0 fully saturated rings. The van der Waals surface area contributed by atoms with Gasteiger partial charge in [0, 0.05) is 50.6 Å². The number of carbonyl (C=O) groups excluding carboxylic acids is 2. The van der Waals surface area contributed by atoms with Crippen molar-refractivity contribution < 1.29 is 23.5 Å². The molecule has 0 saturated carbocycles. The van der Waals surface area contributed by atoms with E-state index < -0.39 is 5.82 Å². The van der Waals surface area contributed by atoms with Crippen LogP contribution in [0.5, 0.6) is 5.75 Å². The summed E-state index contributed by atoms with van der Waals surface area (Å²) >= 11 is 0. The minimum absolute atomic E-state index is 0.103. The van der Waals surface area contributed by atoms with Crippen molar-refractivity contribution in [3.63, 3.8) is 0 Å². The monoisotopic (exact) mass is 485 g/mol. The second-order valence-electron chi connectivity index (χ2n) is 9.26. The van der Waals surface area contributed by atoms with Crippen LogP contribution in [0.15, 0.2) is 42.5 Å². The van der Waals surface area contributed by atoms with Crippen molar-refractivity contribution in [3.8, 4) is 5.75 Å². The van der Waals surface area contributed by atoms with Gasteiger partial charge in [0.05, 0.1) is 11.7 Å². The number of halogens is 1. The standard InChI is InChI=1S/C27H36FN3O4/c1-6-13-31-15-18(2)25(34-5)16-30(4)27(33)23-12-11-22(14-24(23)35-17-19(31)3)29-26(32)20-7-9-21(28)10-8-20/h7-12,14,18-19,25H,6,13,15-17H2,1-5H3,(H,29,32)/t18-,19-,25-/m0/s1. The highest BCUT2D eigenvalue weighted by molar-refractivity contribution is 6.05. The van der Waals surface area contributed by atoms with Gasteiger partial charge in [0.15, 0.2) is 0 Å². The maximum atomic E-state index is 13.3. The fraction of sp³-hybridized carbons (Fsp3) is 0.481. The highest BCUT2D eigenvalue weighted by Gasteiger charge is 2.28. The van der Waals surface area contributed by atoms with Gasteiger partial charge in [-0.05, 0) is 62.2 Å². The van der Waals surface area contributed by atoms with Crippen molar-refractivity contribution in [1.29, 1.82) is 0 Å². The lowest BCUT2D eigenvalue weighted by Crippen LogP contribution is -2.46. The number of fused-ring (bicyclic) bond motifs is 1. The van der Waals surface area contributed by atoms with E-state index in [1.807, 2.05) is 0 Å². The Labute approximate surface area is 207 Å². The van der Waals surface area contributed by atoms with Crippen LogP contribution in [0.3, 0.4) is 0 Å². The van der Waals surface area contributed by atoms with E-state index >= 15 is 0 Å². The molecule has 3 atom stereocenters. The number of benzene rings is 2. The molecule has 7 nitrogen and oxygen atoms in total. The summed E-state index contributed by atoms with van der Waals surface area (Å²) in [6, 6.07) is 10.4. The van der Waals surface area contributed by atoms with Crippen molar-refractivity contribution in [2.45, 2.75) is 39.3 Å². The molecule has 1 aliphatic heterocycles. The zero-order valence-electron chi connectivity index (χ0n) is 21.2. The van der Waals surface area contributed by atoms with Crippen LogP contribution >= 0.6 is 0 Å². The average molecular weight is 486 g/mol. The van der Waals surface area contributed by atoms with E-state index in [9.17, 15) is 14.0 Å². The molecule has 0 unspecified atom stereocenters. The largest absolute Gasteiger partial charge is 0.491 e. The first kappa shape index (κ1) is 26.6. The molecule has 0 bridgehead atoms. The topological polar surface area (TPSA) is 71.1 Å². The molecule has 190 valence electrons. The van der Waals surface area contributed by atoms with Crippen LogP contribution < -0.4 is 10.1 Å². The van der Waals surface area contributed by atoms with E-state index in [0.717, 1.165) is 19.5 Å². The smallest absolute Gasteiger partial charge is 0.257 e. The fourth-order valence-electron chi connectivity index (χ4n) is 4.33. The first-order valence-corrected chi connectivity index (χ1v) is 12.1. The molecule has 35 heavy (non-hydrogen) atoms. The Hall–Kier alpha value is -2.97. The summed E-state index contributed by atoms with van der Waals surface area (Å²) in [5.41, 5.74) is 1.24. The maximum Gasteiger partial charge on any atom is 0.257 e. The van der Waals surface area contributed by atoms with Gasteiger partial charge in [0.25, 0.3) is 11.8 Å². The van der Waals surface area contributed by atoms with E-state index in [-0.39, 0.29) is 29.9 Å². The van der Waals surface area contributed by atoms with Crippen LogP contribution in [0.4, 0.5) is 10.1 Å². The summed E-state index contributed by atoms with van der Waals surface area (Å²) in [4.78, 5) is 30.0. The van der Waals surface area contributed by atoms with Crippen LogP contribution in [0.1, 0.15) is 47.9 Å². The Morgan fingerprint density at radius 2 is 1.89 bits per heavy atom. The normalized spacial score (nSPS) is 21.9. The Bertz CT molecular complexity index is 1010. The third-order valence-corrected chi connectivity index (χ3v) is 6.45. The first-order valence-electron chi connectivity index (χ1n) is 12.1. The Kier molecular flexibility index (Phi) is 9.23. The molecule has 0 saturated heterocycles. The van der Waals surface area contributed by atoms with E-state index in [4.69, 9.17) is 9.47 Å². The summed E-state index contributed by atoms with van der Waals surface area (Å²) in [6.45, 7) is 9.03. The summed E-state index contributed by atoms with van der Waals surface area (Å²) in [5.74, 6) is -0.323. The highest BCUT2D eigenvalue weighted by atomic mass is 19.1. The molecule has 2 amide bonds. The molecule has 8 heteroatoms. The summed E-state index contributed by atoms with van der Waals surface area (Å²) in [7, 11) is 3.44. The molecule has 1 aliphatic rings. The second kappa shape index (κ2) is 12.1. The maximum absolute atomic E-state index is 13.3. The molecule has 2 aromatic carbocycles. The Morgan fingerprint density at radius 1 is 1.17 bits per heavy atom. The predicted octanol–water partition coefficient (Wildman–Crippen LogP) is 4.29. The van der Waals surface area contributed by atoms with Crippen LogP contribution in [-0.4, -0.2) is 74.2 Å². The van der Waals surface area contributed by atoms with Crippen molar-refractivity contribution >= 4 is 17.5 Å². The molecular weight excluding hydrogens is 449 g/mol. The number of nitrogens with zero attached hydrogens (tertiary/aromatic N) is 2. The number of methoxy groups -OCH3 is 1. The van der Waals surface area contributed by atoms with Crippen LogP contribution in [0.25, 0.3) is 0 Å². The Morgan fingerprint density at radius 3 is 2.54 bits per heavy atom. The van der Waals surface area contributed by atoms with Crippen molar-refractivity contribution in [1.82, 2.24) is 9.80 Å². The van der Waals surface area contributed by atoms with Gasteiger partial charge >= 0.3 is 0 Å². The number of ether oxygens (including phenoxy) is 2. The lowest BCUT2D eigenvalue weighted by molar-refractivity contribution is 0.0108. The minimum atomic E-state index is -0.409. The van der Waals surface area contributed by atoms with Crippen molar-refractivity contribution in [3.05, 3.63) is 59.4 Å². The summed E-state index contributed by atoms with van der Waals surface area (Å²) < 4.78 is 25.1. The SMILES string of the molecule is CCCN1C[C@H](C)[C@@H](OC)CN(C)C(=O)c2ccc(NC(=O)c3ccc(F)cc3)cc2OC[C@@H]1C. The van der Waals surface area contributed by atoms with Gasteiger partial charge in [-0.1, -0.05) is 13.8 Å². The summed E-state index contributed by atoms with van der Waals surface area (Å²) in [5, 5.41) is 2.81. The van der Waals surface area contributed by atoms with E-state index in [1.165, 1.54) is 24.3 Å². The van der Waals surface area contributed by atoms with Gasteiger partial charge < -0.3 is 19.7 Å². The van der Waals surface area contributed by atoms with Gasteiger partial charge in [-0.15, -0.1) is 0 Å². The second-order valence-corrected chi connectivity index (χ2v) is 9.26. The number of rotatable bonds is 5. The third kappa shape index (κ3) is 6.80. The molecule has 2 aromatic rings. The van der Waals surface area contributed by atoms with Gasteiger partial charge in [-0.3, -0.25) is 14.5 Å². The number of anilines is 1. The van der Waals surface area contributed by atoms with Gasteiger partial charge in [0.2, 0.25) is 0 Å². The Balaban J connectivity index is 1.90. The van der Waals surface area contributed by atoms with Crippen molar-refractivity contribution in [2.75, 3.05) is 45.7 Å². The van der Waals surface area contributed by atoms with Gasteiger partial charge in [0.1, 0.15) is 18.2 Å². The molecule has 1 N–H and O–H groups in total. The van der Waals surface area contributed by atoms with E-state index in [1.54, 1.807) is 37.3 Å². The average Bonchev–Trinajstić information content (AvgIpc) is 2.84. The minimum Gasteiger partial charge on any atom is -0.491 e. The molecule has 0 spiro atoms. The summed E-state index contributed by atoms with van der Waals surface area (Å²) in [6.07, 6.45) is 0.914. The number of carbonyl (C=O) groups is 2. The first-order chi connectivity index (χ1) is 16.7. The number of hydrogen-bond donors (Lipinski definition) is 1. The quantitative estimate of drug-likeness (QED) is 0.684. The number of nitrogens with one attached hydrogen (secondary N) is 1. The van der Waals surface area contributed by atoms with Crippen LogP contribution in [0, 0.1) is 11.7 Å². The van der Waals surface area contributed by atoms with Crippen molar-refractivity contribution in [2.24, 2.45) is 5.92 Å². The van der Waals surface area contributed by atoms with Crippen LogP contribution in [0.2, 0.25) is 0 Å². The van der Waals surface area contributed by atoms with E-state index in [2.05, 4.69) is 31.0 Å². The number of amides is 2. The predicted molar refractivity (Wildman–Crippen MR) is 135 cm³/mol. The van der Waals surface area contributed by atoms with E-state index in [0.29, 0.717) is 35.7 Å². The lowest BCUT2D eigenvalue weighted by Gasteiger charge is -2.35. The van der Waals surface area contributed by atoms with Crippen LogP contribution in [-0.2, 0) is 4.74 Å². The third-order valence-electron chi connectivity index (χ3n) is 6.45. The highest BCUT2D eigenvalue weighted by Crippen LogP contribution is 2.27.